The molecular weight excluding hydrogens is 280 g/mol. The summed E-state index contributed by atoms with van der Waals surface area (Å²) in [5.41, 5.74) is 1.52. The first-order valence-electron chi connectivity index (χ1n) is 6.84. The van der Waals surface area contributed by atoms with Gasteiger partial charge in [-0.1, -0.05) is 18.0 Å². The smallest absolute Gasteiger partial charge is 0.271 e. The van der Waals surface area contributed by atoms with Crippen LogP contribution in [0.1, 0.15) is 31.2 Å². The second-order valence-corrected chi connectivity index (χ2v) is 5.85. The van der Waals surface area contributed by atoms with Crippen LogP contribution in [0.15, 0.2) is 12.1 Å². The van der Waals surface area contributed by atoms with E-state index in [9.17, 15) is 15.2 Å². The van der Waals surface area contributed by atoms with Crippen molar-refractivity contribution in [3.05, 3.63) is 32.8 Å². The minimum absolute atomic E-state index is 0.00568. The number of aryl methyl sites for hydroxylation is 1. The highest BCUT2D eigenvalue weighted by molar-refractivity contribution is 6.33. The number of benzene rings is 1. The summed E-state index contributed by atoms with van der Waals surface area (Å²) in [7, 11) is 0. The van der Waals surface area contributed by atoms with E-state index in [-0.39, 0.29) is 11.8 Å². The molecule has 0 spiro atoms. The molecule has 2 atom stereocenters. The maximum atomic E-state index is 10.8. The van der Waals surface area contributed by atoms with Gasteiger partial charge in [0, 0.05) is 18.7 Å². The Bertz CT molecular complexity index is 484. The summed E-state index contributed by atoms with van der Waals surface area (Å²) in [5, 5.41) is 24.1. The molecule has 20 heavy (non-hydrogen) atoms. The molecule has 6 heteroatoms. The lowest BCUT2D eigenvalue weighted by molar-refractivity contribution is -0.384. The van der Waals surface area contributed by atoms with E-state index < -0.39 is 4.92 Å². The Morgan fingerprint density at radius 3 is 2.85 bits per heavy atom. The number of hydrogen-bond donors (Lipinski definition) is 2. The zero-order valence-electron chi connectivity index (χ0n) is 11.4. The molecule has 2 N–H and O–H groups in total. The molecule has 0 bridgehead atoms. The van der Waals surface area contributed by atoms with Crippen molar-refractivity contribution in [2.75, 3.05) is 11.9 Å². The van der Waals surface area contributed by atoms with Crippen LogP contribution in [0.2, 0.25) is 5.02 Å². The van der Waals surface area contributed by atoms with Crippen LogP contribution in [-0.4, -0.2) is 22.7 Å². The van der Waals surface area contributed by atoms with Crippen molar-refractivity contribution >= 4 is 23.0 Å². The number of nitrogens with one attached hydrogen (secondary N) is 1. The summed E-state index contributed by atoms with van der Waals surface area (Å²) in [6.07, 6.45) is 3.61. The van der Waals surface area contributed by atoms with Gasteiger partial charge in [0.2, 0.25) is 0 Å². The maximum Gasteiger partial charge on any atom is 0.271 e. The Balaban J connectivity index is 2.04. The number of aliphatic hydroxyl groups is 1. The van der Waals surface area contributed by atoms with E-state index >= 15 is 0 Å². The lowest BCUT2D eigenvalue weighted by Crippen LogP contribution is -2.25. The Kier molecular flexibility index (Phi) is 4.83. The van der Waals surface area contributed by atoms with Gasteiger partial charge < -0.3 is 10.4 Å². The summed E-state index contributed by atoms with van der Waals surface area (Å²) in [6.45, 7) is 2.53. The van der Waals surface area contributed by atoms with Gasteiger partial charge in [0.1, 0.15) is 0 Å². The molecule has 0 radical (unpaired) electrons. The first-order valence-corrected chi connectivity index (χ1v) is 7.21. The fraction of sp³-hybridized carbons (Fsp3) is 0.571. The number of hydrogen-bond acceptors (Lipinski definition) is 4. The molecule has 2 rings (SSSR count). The van der Waals surface area contributed by atoms with E-state index in [1.54, 1.807) is 6.92 Å². The Morgan fingerprint density at radius 2 is 2.25 bits per heavy atom. The lowest BCUT2D eigenvalue weighted by atomic mass is 9.87. The first-order chi connectivity index (χ1) is 9.47. The molecule has 110 valence electrons. The van der Waals surface area contributed by atoms with Crippen LogP contribution in [0.4, 0.5) is 11.4 Å². The van der Waals surface area contributed by atoms with Gasteiger partial charge in [0.15, 0.2) is 0 Å². The molecule has 1 aliphatic rings. The summed E-state index contributed by atoms with van der Waals surface area (Å²) >= 11 is 6.11. The molecule has 1 aromatic rings. The average Bonchev–Trinajstić information content (AvgIpc) is 2.37. The standard InChI is InChI=1S/C14H19ClN2O3/c1-9-5-11(17(19)20)7-13(15)14(9)16-8-10-3-2-4-12(18)6-10/h5,7,10,12,16,18H,2-4,6,8H2,1H3. The molecule has 2 unspecified atom stereocenters. The first kappa shape index (κ1) is 15.1. The Hall–Kier alpha value is -1.33. The van der Waals surface area contributed by atoms with Crippen LogP contribution in [0.25, 0.3) is 0 Å². The third-order valence-electron chi connectivity index (χ3n) is 3.81. The van der Waals surface area contributed by atoms with Crippen LogP contribution in [-0.2, 0) is 0 Å². The van der Waals surface area contributed by atoms with Gasteiger partial charge in [-0.25, -0.2) is 0 Å². The second kappa shape index (κ2) is 6.41. The zero-order chi connectivity index (χ0) is 14.7. The van der Waals surface area contributed by atoms with Crippen LogP contribution in [0, 0.1) is 23.0 Å². The zero-order valence-corrected chi connectivity index (χ0v) is 12.2. The molecule has 1 fully saturated rings. The Labute approximate surface area is 123 Å². The summed E-state index contributed by atoms with van der Waals surface area (Å²) in [6, 6.07) is 2.89. The van der Waals surface area contributed by atoms with Crippen LogP contribution >= 0.6 is 11.6 Å². The number of anilines is 1. The normalized spacial score (nSPS) is 22.6. The van der Waals surface area contributed by atoms with Crippen molar-refractivity contribution in [3.63, 3.8) is 0 Å². The van der Waals surface area contributed by atoms with E-state index in [0.717, 1.165) is 43.5 Å². The second-order valence-electron chi connectivity index (χ2n) is 5.44. The van der Waals surface area contributed by atoms with Crippen molar-refractivity contribution in [3.8, 4) is 0 Å². The lowest BCUT2D eigenvalue weighted by Gasteiger charge is -2.26. The molecule has 1 aliphatic carbocycles. The quantitative estimate of drug-likeness (QED) is 0.659. The molecular formula is C14H19ClN2O3. The van der Waals surface area contributed by atoms with Gasteiger partial charge in [-0.05, 0) is 37.7 Å². The van der Waals surface area contributed by atoms with E-state index in [0.29, 0.717) is 10.9 Å². The molecule has 0 aliphatic heterocycles. The molecule has 0 aromatic heterocycles. The number of nitro groups is 1. The molecule has 1 saturated carbocycles. The van der Waals surface area contributed by atoms with Gasteiger partial charge in [-0.3, -0.25) is 10.1 Å². The van der Waals surface area contributed by atoms with Crippen molar-refractivity contribution in [1.29, 1.82) is 0 Å². The largest absolute Gasteiger partial charge is 0.393 e. The average molecular weight is 299 g/mol. The predicted octanol–water partition coefficient (Wildman–Crippen LogP) is 3.52. The van der Waals surface area contributed by atoms with E-state index in [1.165, 1.54) is 12.1 Å². The topological polar surface area (TPSA) is 75.4 Å². The SMILES string of the molecule is Cc1cc([N+](=O)[O-])cc(Cl)c1NCC1CCCC(O)C1. The fourth-order valence-electron chi connectivity index (χ4n) is 2.75. The van der Waals surface area contributed by atoms with Gasteiger partial charge in [-0.15, -0.1) is 0 Å². The number of halogens is 1. The fourth-order valence-corrected chi connectivity index (χ4v) is 3.08. The highest BCUT2D eigenvalue weighted by Gasteiger charge is 2.21. The molecule has 0 amide bonds. The minimum Gasteiger partial charge on any atom is -0.393 e. The monoisotopic (exact) mass is 298 g/mol. The number of aliphatic hydroxyl groups excluding tert-OH is 1. The van der Waals surface area contributed by atoms with Crippen LogP contribution in [0.3, 0.4) is 0 Å². The molecule has 0 heterocycles. The molecule has 5 nitrogen and oxygen atoms in total. The number of nitro benzene ring substituents is 1. The van der Waals surface area contributed by atoms with Crippen LogP contribution < -0.4 is 5.32 Å². The van der Waals surface area contributed by atoms with Crippen molar-refractivity contribution in [2.24, 2.45) is 5.92 Å². The highest BCUT2D eigenvalue weighted by Crippen LogP contribution is 2.32. The highest BCUT2D eigenvalue weighted by atomic mass is 35.5. The number of rotatable bonds is 4. The number of nitrogens with zero attached hydrogens (tertiary/aromatic N) is 1. The minimum atomic E-state index is -0.444. The third kappa shape index (κ3) is 3.61. The van der Waals surface area contributed by atoms with Crippen LogP contribution in [0.5, 0.6) is 0 Å². The predicted molar refractivity (Wildman–Crippen MR) is 79.3 cm³/mol. The summed E-state index contributed by atoms with van der Waals surface area (Å²) in [4.78, 5) is 10.3. The maximum absolute atomic E-state index is 10.8. The van der Waals surface area contributed by atoms with Gasteiger partial charge in [-0.2, -0.15) is 0 Å². The van der Waals surface area contributed by atoms with Gasteiger partial charge in [0.05, 0.1) is 21.7 Å². The van der Waals surface area contributed by atoms with Crippen molar-refractivity contribution in [2.45, 2.75) is 38.7 Å². The molecule has 0 saturated heterocycles. The van der Waals surface area contributed by atoms with Crippen molar-refractivity contribution in [1.82, 2.24) is 0 Å². The van der Waals surface area contributed by atoms with Gasteiger partial charge in [0.25, 0.3) is 5.69 Å². The summed E-state index contributed by atoms with van der Waals surface area (Å²) < 4.78 is 0. The molecule has 1 aromatic carbocycles. The number of non-ortho nitro benzene ring substituents is 1. The Morgan fingerprint density at radius 1 is 1.50 bits per heavy atom. The third-order valence-corrected chi connectivity index (χ3v) is 4.10. The van der Waals surface area contributed by atoms with Gasteiger partial charge >= 0.3 is 0 Å². The summed E-state index contributed by atoms with van der Waals surface area (Å²) in [5.74, 6) is 0.421. The van der Waals surface area contributed by atoms with E-state index in [1.807, 2.05) is 0 Å². The van der Waals surface area contributed by atoms with E-state index in [2.05, 4.69) is 5.32 Å². The van der Waals surface area contributed by atoms with E-state index in [4.69, 9.17) is 11.6 Å². The van der Waals surface area contributed by atoms with Crippen molar-refractivity contribution < 1.29 is 10.0 Å².